The first-order valence-electron chi connectivity index (χ1n) is 8.99. The predicted octanol–water partition coefficient (Wildman–Crippen LogP) is 2.63. The molecule has 1 aromatic heterocycles. The highest BCUT2D eigenvalue weighted by atomic mass is 19.1. The van der Waals surface area contributed by atoms with Crippen LogP contribution in [0.3, 0.4) is 0 Å². The van der Waals surface area contributed by atoms with E-state index >= 15 is 0 Å². The molecule has 8 nitrogen and oxygen atoms in total. The Bertz CT molecular complexity index is 988. The van der Waals surface area contributed by atoms with Crippen LogP contribution in [0.4, 0.5) is 13.6 Å². The van der Waals surface area contributed by atoms with Gasteiger partial charge in [0.25, 0.3) is 0 Å². The molecule has 148 valence electrons. The first-order chi connectivity index (χ1) is 14.0. The summed E-state index contributed by atoms with van der Waals surface area (Å²) >= 11 is 0. The van der Waals surface area contributed by atoms with Crippen molar-refractivity contribution in [1.82, 2.24) is 19.9 Å². The molecule has 3 heterocycles. The van der Waals surface area contributed by atoms with Crippen LogP contribution < -0.4 is 4.74 Å². The van der Waals surface area contributed by atoms with Gasteiger partial charge in [0.2, 0.25) is 5.88 Å². The van der Waals surface area contributed by atoms with Gasteiger partial charge < -0.3 is 9.64 Å². The minimum absolute atomic E-state index is 0.192. The third-order valence-corrected chi connectivity index (χ3v) is 4.76. The predicted molar refractivity (Wildman–Crippen MR) is 96.8 cm³/mol. The maximum atomic E-state index is 13.6. The van der Waals surface area contributed by atoms with E-state index in [1.807, 2.05) is 6.07 Å². The van der Waals surface area contributed by atoms with E-state index in [2.05, 4.69) is 15.1 Å². The van der Waals surface area contributed by atoms with Crippen molar-refractivity contribution in [3.63, 3.8) is 0 Å². The van der Waals surface area contributed by atoms with E-state index in [4.69, 9.17) is 10.00 Å². The number of aromatic nitrogens is 2. The molecular weight excluding hydrogens is 382 g/mol. The Balaban J connectivity index is 1.43. The number of likely N-dealkylation sites (tertiary alicyclic amines) is 1. The molecule has 1 aromatic carbocycles. The Hall–Kier alpha value is -3.61. The molecule has 0 radical (unpaired) electrons. The standard InChI is InChI=1S/C19H16F2N6O2/c20-13-5-12(6-14(21)7-13)17-1-3-25-27(17)19(28)26-4-2-16(10-26)29-18-8-15(9-22)23-11-24-18/h3,5-8,11,16-17H,1-2,4,10H2/t16-,17+/m1/s1. The molecule has 0 bridgehead atoms. The van der Waals surface area contributed by atoms with Gasteiger partial charge in [-0.25, -0.2) is 28.6 Å². The largest absolute Gasteiger partial charge is 0.472 e. The number of halogens is 2. The summed E-state index contributed by atoms with van der Waals surface area (Å²) in [6.45, 7) is 0.747. The minimum Gasteiger partial charge on any atom is -0.472 e. The fraction of sp³-hybridized carbons (Fsp3) is 0.316. The topological polar surface area (TPSA) is 94.7 Å². The first-order valence-corrected chi connectivity index (χ1v) is 8.99. The van der Waals surface area contributed by atoms with Crippen LogP contribution in [0.2, 0.25) is 0 Å². The highest BCUT2D eigenvalue weighted by Gasteiger charge is 2.36. The molecule has 2 aromatic rings. The second kappa shape index (κ2) is 7.79. The molecule has 2 aliphatic heterocycles. The van der Waals surface area contributed by atoms with Gasteiger partial charge in [-0.15, -0.1) is 0 Å². The molecule has 2 aliphatic rings. The number of hydrazone groups is 1. The summed E-state index contributed by atoms with van der Waals surface area (Å²) in [5.41, 5.74) is 0.544. The summed E-state index contributed by atoms with van der Waals surface area (Å²) in [4.78, 5) is 22.3. The molecule has 0 unspecified atom stereocenters. The highest BCUT2D eigenvalue weighted by Crippen LogP contribution is 2.31. The quantitative estimate of drug-likeness (QED) is 0.792. The zero-order valence-corrected chi connectivity index (χ0v) is 15.2. The Kier molecular flexibility index (Phi) is 5.03. The van der Waals surface area contributed by atoms with Gasteiger partial charge in [0, 0.05) is 37.7 Å². The molecule has 0 N–H and O–H groups in total. The maximum Gasteiger partial charge on any atom is 0.341 e. The molecule has 1 saturated heterocycles. The van der Waals surface area contributed by atoms with Crippen molar-refractivity contribution in [2.45, 2.75) is 25.0 Å². The van der Waals surface area contributed by atoms with Gasteiger partial charge in [0.1, 0.15) is 35.8 Å². The number of nitrogens with zero attached hydrogens (tertiary/aromatic N) is 6. The van der Waals surface area contributed by atoms with E-state index in [0.717, 1.165) is 6.07 Å². The summed E-state index contributed by atoms with van der Waals surface area (Å²) in [6, 6.07) is 5.63. The van der Waals surface area contributed by atoms with Gasteiger partial charge in [-0.2, -0.15) is 10.4 Å². The van der Waals surface area contributed by atoms with E-state index in [9.17, 15) is 13.6 Å². The van der Waals surface area contributed by atoms with Crippen LogP contribution in [0.1, 0.15) is 30.1 Å². The lowest BCUT2D eigenvalue weighted by molar-refractivity contribution is 0.141. The van der Waals surface area contributed by atoms with Crippen LogP contribution in [0, 0.1) is 23.0 Å². The summed E-state index contributed by atoms with van der Waals surface area (Å²) < 4.78 is 32.9. The summed E-state index contributed by atoms with van der Waals surface area (Å²) in [5.74, 6) is -1.13. The lowest BCUT2D eigenvalue weighted by Gasteiger charge is -2.27. The van der Waals surface area contributed by atoms with Crippen molar-refractivity contribution in [2.75, 3.05) is 13.1 Å². The third kappa shape index (κ3) is 3.99. The van der Waals surface area contributed by atoms with Crippen LogP contribution >= 0.6 is 0 Å². The second-order valence-corrected chi connectivity index (χ2v) is 6.71. The molecule has 1 fully saturated rings. The molecule has 0 saturated carbocycles. The number of amides is 2. The lowest BCUT2D eigenvalue weighted by Crippen LogP contribution is -2.40. The first kappa shape index (κ1) is 18.7. The van der Waals surface area contributed by atoms with Crippen molar-refractivity contribution in [3.8, 4) is 11.9 Å². The Morgan fingerprint density at radius 3 is 2.76 bits per heavy atom. The molecule has 0 spiro atoms. The van der Waals surface area contributed by atoms with Gasteiger partial charge in [-0.3, -0.25) is 0 Å². The van der Waals surface area contributed by atoms with E-state index in [-0.39, 0.29) is 23.7 Å². The van der Waals surface area contributed by atoms with Gasteiger partial charge in [-0.05, 0) is 17.7 Å². The lowest BCUT2D eigenvalue weighted by atomic mass is 10.0. The number of hydrogen-bond acceptors (Lipinski definition) is 6. The van der Waals surface area contributed by atoms with Gasteiger partial charge >= 0.3 is 6.03 Å². The van der Waals surface area contributed by atoms with Crippen LogP contribution in [0.15, 0.2) is 35.7 Å². The van der Waals surface area contributed by atoms with Crippen molar-refractivity contribution in [2.24, 2.45) is 5.10 Å². The molecule has 2 amide bonds. The van der Waals surface area contributed by atoms with Gasteiger partial charge in [-0.1, -0.05) is 0 Å². The van der Waals surface area contributed by atoms with Crippen molar-refractivity contribution in [1.29, 1.82) is 5.26 Å². The number of carbonyl (C=O) groups is 1. The van der Waals surface area contributed by atoms with Crippen LogP contribution in [-0.2, 0) is 0 Å². The summed E-state index contributed by atoms with van der Waals surface area (Å²) in [5, 5.41) is 14.2. The highest BCUT2D eigenvalue weighted by molar-refractivity contribution is 5.78. The SMILES string of the molecule is N#Cc1cc(O[C@@H]2CCN(C(=O)N3N=CC[C@H]3c3cc(F)cc(F)c3)C2)ncn1. The molecule has 29 heavy (non-hydrogen) atoms. The van der Waals surface area contributed by atoms with Crippen LogP contribution in [0.25, 0.3) is 0 Å². The molecule has 4 rings (SSSR count). The molecule has 10 heteroatoms. The van der Waals surface area contributed by atoms with Crippen LogP contribution in [0.5, 0.6) is 5.88 Å². The van der Waals surface area contributed by atoms with Crippen molar-refractivity contribution in [3.05, 3.63) is 53.5 Å². The van der Waals surface area contributed by atoms with E-state index in [1.165, 1.54) is 29.5 Å². The van der Waals surface area contributed by atoms with E-state index in [0.29, 0.717) is 31.5 Å². The smallest absolute Gasteiger partial charge is 0.341 e. The summed E-state index contributed by atoms with van der Waals surface area (Å²) in [7, 11) is 0. The van der Waals surface area contributed by atoms with Crippen molar-refractivity contribution < 1.29 is 18.3 Å². The fourth-order valence-corrected chi connectivity index (χ4v) is 3.42. The average Bonchev–Trinajstić information content (AvgIpc) is 3.36. The normalized spacial score (nSPS) is 20.7. The van der Waals surface area contributed by atoms with Crippen molar-refractivity contribution >= 4 is 12.2 Å². The zero-order valence-electron chi connectivity index (χ0n) is 15.2. The molecular formula is C19H16F2N6O2. The second-order valence-electron chi connectivity index (χ2n) is 6.71. The Morgan fingerprint density at radius 2 is 2.00 bits per heavy atom. The number of rotatable bonds is 3. The van der Waals surface area contributed by atoms with E-state index in [1.54, 1.807) is 11.1 Å². The number of ether oxygens (including phenoxy) is 1. The van der Waals surface area contributed by atoms with Gasteiger partial charge in [0.15, 0.2) is 0 Å². The average molecular weight is 398 g/mol. The summed E-state index contributed by atoms with van der Waals surface area (Å²) in [6.07, 6.45) is 3.46. The Labute approximate surface area is 165 Å². The fourth-order valence-electron chi connectivity index (χ4n) is 3.42. The monoisotopic (exact) mass is 398 g/mol. The zero-order chi connectivity index (χ0) is 20.4. The number of benzene rings is 1. The van der Waals surface area contributed by atoms with Crippen LogP contribution in [-0.4, -0.2) is 51.3 Å². The number of nitriles is 1. The molecule has 2 atom stereocenters. The number of carbonyl (C=O) groups excluding carboxylic acids is 1. The Morgan fingerprint density at radius 1 is 1.21 bits per heavy atom. The number of urea groups is 1. The minimum atomic E-state index is -0.699. The van der Waals surface area contributed by atoms with E-state index < -0.39 is 17.7 Å². The molecule has 0 aliphatic carbocycles. The maximum absolute atomic E-state index is 13.6. The number of hydrogen-bond donors (Lipinski definition) is 0. The third-order valence-electron chi connectivity index (χ3n) is 4.76. The van der Waals surface area contributed by atoms with Gasteiger partial charge in [0.05, 0.1) is 12.6 Å².